The Kier molecular flexibility index (Phi) is 8.84. The average Bonchev–Trinajstić information content (AvgIpc) is 4.44. The summed E-state index contributed by atoms with van der Waals surface area (Å²) in [5, 5.41) is 23.7. The Balaban J connectivity index is 1.10. The van der Waals surface area contributed by atoms with Gasteiger partial charge >= 0.3 is 0 Å². The number of hydrogen-bond donors (Lipinski definition) is 0. The minimum atomic E-state index is 0.601. The van der Waals surface area contributed by atoms with Crippen LogP contribution in [0.5, 0.6) is 0 Å². The number of nitriles is 1. The van der Waals surface area contributed by atoms with Crippen molar-refractivity contribution >= 4 is 104 Å². The van der Waals surface area contributed by atoms with Crippen LogP contribution in [0.4, 0.5) is 0 Å². The fourth-order valence-corrected chi connectivity index (χ4v) is 13.5. The van der Waals surface area contributed by atoms with Gasteiger partial charge in [-0.15, -0.1) is 0 Å². The van der Waals surface area contributed by atoms with Crippen molar-refractivity contribution < 1.29 is 0 Å². The zero-order valence-corrected chi connectivity index (χ0v) is 42.1. The van der Waals surface area contributed by atoms with Crippen molar-refractivity contribution in [3.63, 3.8) is 0 Å². The van der Waals surface area contributed by atoms with Gasteiger partial charge in [-0.25, -0.2) is 0 Å². The molecule has 5 heteroatoms. The number of nitrogens with zero attached hydrogens (tertiary/aromatic N) is 5. The first-order valence-corrected chi connectivity index (χ1v) is 26.7. The molecule has 0 amide bonds. The van der Waals surface area contributed by atoms with E-state index in [-0.39, 0.29) is 0 Å². The van der Waals surface area contributed by atoms with Crippen molar-refractivity contribution in [1.82, 2.24) is 18.1 Å². The first-order valence-electron chi connectivity index (χ1n) is 26.7. The zero-order chi connectivity index (χ0) is 51.2. The lowest BCUT2D eigenvalue weighted by Crippen LogP contribution is -2.12. The highest BCUT2D eigenvalue weighted by atomic mass is 15.1. The number of aromatic nitrogens is 4. The molecule has 0 aliphatic carbocycles. The molecule has 0 aliphatic rings. The maximum absolute atomic E-state index is 12.5. The molecule has 0 spiro atoms. The fraction of sp³-hybridized carbons (Fsp3) is 0. The van der Waals surface area contributed by atoms with Gasteiger partial charge in [-0.2, -0.15) is 5.26 Å². The summed E-state index contributed by atoms with van der Waals surface area (Å²) in [4.78, 5) is 0. The van der Waals surface area contributed by atoms with E-state index >= 15 is 0 Å². The number of fused-ring (bicyclic) bond motifs is 15. The van der Waals surface area contributed by atoms with Crippen molar-refractivity contribution in [2.24, 2.45) is 0 Å². The largest absolute Gasteiger partial charge is 0.306 e. The molecule has 12 aromatic carbocycles. The zero-order valence-electron chi connectivity index (χ0n) is 42.1. The molecule has 0 N–H and O–H groups in total. The van der Waals surface area contributed by atoms with E-state index in [0.717, 1.165) is 143 Å². The molecule has 78 heavy (non-hydrogen) atoms. The van der Waals surface area contributed by atoms with Gasteiger partial charge < -0.3 is 18.1 Å². The van der Waals surface area contributed by atoms with Crippen LogP contribution in [-0.2, 0) is 0 Å². The van der Waals surface area contributed by atoms with E-state index in [2.05, 4.69) is 285 Å². The van der Waals surface area contributed by atoms with E-state index in [1.54, 1.807) is 0 Å². The summed E-state index contributed by atoms with van der Waals surface area (Å²) in [6, 6.07) is 97.7. The van der Waals surface area contributed by atoms with Crippen LogP contribution in [0.25, 0.3) is 154 Å². The topological polar surface area (TPSA) is 43.0 Å². The lowest BCUT2D eigenvalue weighted by molar-refractivity contribution is 1.06. The van der Waals surface area contributed by atoms with E-state index in [9.17, 15) is 5.26 Å². The highest BCUT2D eigenvalue weighted by Crippen LogP contribution is 2.52. The lowest BCUT2D eigenvalue weighted by Gasteiger charge is -2.25. The van der Waals surface area contributed by atoms with Crippen LogP contribution in [0.1, 0.15) is 5.56 Å². The summed E-state index contributed by atoms with van der Waals surface area (Å²) in [6.45, 7) is 0. The summed E-state index contributed by atoms with van der Waals surface area (Å²) < 4.78 is 9.81. The molecule has 0 saturated heterocycles. The fourth-order valence-electron chi connectivity index (χ4n) is 13.5. The van der Waals surface area contributed by atoms with Gasteiger partial charge in [-0.1, -0.05) is 194 Å². The molecular formula is C73H43N5. The minimum absolute atomic E-state index is 0.601. The highest BCUT2D eigenvalue weighted by molar-refractivity contribution is 6.28. The van der Waals surface area contributed by atoms with Crippen LogP contribution in [0.15, 0.2) is 261 Å². The van der Waals surface area contributed by atoms with Crippen LogP contribution in [0.2, 0.25) is 0 Å². The summed E-state index contributed by atoms with van der Waals surface area (Å²) in [7, 11) is 0. The van der Waals surface area contributed by atoms with Crippen molar-refractivity contribution in [2.75, 3.05) is 0 Å². The first kappa shape index (κ1) is 42.7. The number of para-hydroxylation sites is 7. The first-order chi connectivity index (χ1) is 38.7. The second-order valence-corrected chi connectivity index (χ2v) is 20.7. The second-order valence-electron chi connectivity index (χ2n) is 20.7. The highest BCUT2D eigenvalue weighted by Gasteiger charge is 2.34. The third kappa shape index (κ3) is 5.78. The molecule has 0 bridgehead atoms. The average molecular weight is 990 g/mol. The summed E-state index contributed by atoms with van der Waals surface area (Å²) >= 11 is 0. The Morgan fingerprint density at radius 1 is 0.244 bits per heavy atom. The Morgan fingerprint density at radius 2 is 0.615 bits per heavy atom. The molecule has 5 aromatic heterocycles. The SMILES string of the molecule is N#Cc1c(-n2c3ccccc3c3ccccc32)c(-n2c3ccccc3c3cc(-c4cc(-c5ccccc5)cc(-c5ccccc5)c4)ccc32)c(-n2c3ccccc3c3ccccc32)c2c3cccc4c5ccccc5n(c12)c43. The van der Waals surface area contributed by atoms with Crippen LogP contribution < -0.4 is 0 Å². The Bertz CT molecular complexity index is 5230. The summed E-state index contributed by atoms with van der Waals surface area (Å²) in [5.74, 6) is 0. The molecule has 0 unspecified atom stereocenters. The maximum atomic E-state index is 12.5. The maximum Gasteiger partial charge on any atom is 0.104 e. The standard InChI is InChI=1S/C73H43N5/c74-44-60-70-68(58-31-19-30-57-55-28-11-18-37-66(55)78(70)69(57)58)72(76-63-34-15-9-26-53(63)54-27-10-16-35-64(54)76)73(71(60)75-61-32-13-7-24-51(61)52-25-8-14-33-62(52)75)77-65-36-17-12-29-56(65)59-43-47(38-39-67(59)77)50-41-48(45-20-3-1-4-21-45)40-49(42-50)46-22-5-2-6-23-46/h1-43H. The smallest absolute Gasteiger partial charge is 0.104 e. The Hall–Kier alpha value is -10.7. The van der Waals surface area contributed by atoms with Crippen molar-refractivity contribution in [3.05, 3.63) is 266 Å². The number of benzene rings is 12. The van der Waals surface area contributed by atoms with Gasteiger partial charge in [0, 0.05) is 53.9 Å². The van der Waals surface area contributed by atoms with Crippen LogP contribution >= 0.6 is 0 Å². The molecule has 5 nitrogen and oxygen atoms in total. The third-order valence-corrected chi connectivity index (χ3v) is 16.7. The van der Waals surface area contributed by atoms with E-state index in [1.165, 1.54) is 11.1 Å². The van der Waals surface area contributed by atoms with E-state index < -0.39 is 0 Å². The quantitative estimate of drug-likeness (QED) is 0.164. The molecule has 17 aromatic rings. The molecular weight excluding hydrogens is 947 g/mol. The van der Waals surface area contributed by atoms with Gasteiger partial charge in [-0.3, -0.25) is 0 Å². The minimum Gasteiger partial charge on any atom is -0.306 e. The van der Waals surface area contributed by atoms with Gasteiger partial charge in [0.25, 0.3) is 0 Å². The second kappa shape index (κ2) is 16.2. The third-order valence-electron chi connectivity index (χ3n) is 16.7. The molecule has 17 rings (SSSR count). The van der Waals surface area contributed by atoms with Crippen molar-refractivity contribution in [1.29, 1.82) is 5.26 Å². The predicted molar refractivity (Wildman–Crippen MR) is 325 cm³/mol. The van der Waals surface area contributed by atoms with Crippen LogP contribution in [0.3, 0.4) is 0 Å². The lowest BCUT2D eigenvalue weighted by atomic mass is 9.93. The molecule has 0 saturated carbocycles. The van der Waals surface area contributed by atoms with Gasteiger partial charge in [0.15, 0.2) is 0 Å². The summed E-state index contributed by atoms with van der Waals surface area (Å²) in [5.41, 5.74) is 19.6. The predicted octanol–water partition coefficient (Wildman–Crippen LogP) is 19.0. The van der Waals surface area contributed by atoms with Gasteiger partial charge in [0.1, 0.15) is 11.6 Å². The summed E-state index contributed by atoms with van der Waals surface area (Å²) in [6.07, 6.45) is 0. The van der Waals surface area contributed by atoms with Crippen LogP contribution in [0, 0.1) is 11.3 Å². The number of hydrogen-bond acceptors (Lipinski definition) is 1. The van der Waals surface area contributed by atoms with Crippen molar-refractivity contribution in [3.8, 4) is 56.5 Å². The van der Waals surface area contributed by atoms with Crippen LogP contribution in [-0.4, -0.2) is 18.1 Å². The molecule has 0 fully saturated rings. The van der Waals surface area contributed by atoms with Gasteiger partial charge in [0.2, 0.25) is 0 Å². The number of rotatable bonds is 6. The molecule has 360 valence electrons. The van der Waals surface area contributed by atoms with Gasteiger partial charge in [0.05, 0.1) is 66.7 Å². The molecule has 0 aliphatic heterocycles. The Labute approximate surface area is 447 Å². The van der Waals surface area contributed by atoms with E-state index in [0.29, 0.717) is 5.56 Å². The van der Waals surface area contributed by atoms with Gasteiger partial charge in [-0.05, 0) is 100 Å². The molecule has 5 heterocycles. The van der Waals surface area contributed by atoms with E-state index in [1.807, 2.05) is 0 Å². The molecule has 0 atom stereocenters. The molecule has 0 radical (unpaired) electrons. The van der Waals surface area contributed by atoms with E-state index in [4.69, 9.17) is 0 Å². The monoisotopic (exact) mass is 989 g/mol. The normalized spacial score (nSPS) is 12.1. The van der Waals surface area contributed by atoms with Crippen molar-refractivity contribution in [2.45, 2.75) is 0 Å². The Morgan fingerprint density at radius 3 is 1.12 bits per heavy atom.